The Morgan fingerprint density at radius 1 is 1.50 bits per heavy atom. The summed E-state index contributed by atoms with van der Waals surface area (Å²) in [5, 5.41) is 11.6. The molecule has 2 aromatic heterocycles. The van der Waals surface area contributed by atoms with Gasteiger partial charge >= 0.3 is 0 Å². The Morgan fingerprint density at radius 3 is 2.89 bits per heavy atom. The van der Waals surface area contributed by atoms with E-state index < -0.39 is 0 Å². The molecule has 0 amide bonds. The molecule has 2 heterocycles. The van der Waals surface area contributed by atoms with Gasteiger partial charge in [0.05, 0.1) is 0 Å². The third-order valence-electron chi connectivity index (χ3n) is 2.46. The molecule has 2 rings (SSSR count). The van der Waals surface area contributed by atoms with Gasteiger partial charge in [-0.2, -0.15) is 11.3 Å². The first kappa shape index (κ1) is 12.5. The second-order valence-corrected chi connectivity index (χ2v) is 4.88. The van der Waals surface area contributed by atoms with Crippen molar-refractivity contribution in [3.05, 3.63) is 39.8 Å². The van der Waals surface area contributed by atoms with Crippen LogP contribution in [-0.2, 0) is 6.54 Å². The van der Waals surface area contributed by atoms with Crippen LogP contribution in [0.3, 0.4) is 0 Å². The minimum Gasteiger partial charge on any atom is -0.382 e. The molecule has 0 unspecified atom stereocenters. The van der Waals surface area contributed by atoms with Gasteiger partial charge in [-0.1, -0.05) is 0 Å². The highest BCUT2D eigenvalue weighted by atomic mass is 32.1. The summed E-state index contributed by atoms with van der Waals surface area (Å²) in [6.07, 6.45) is 0. The van der Waals surface area contributed by atoms with Gasteiger partial charge in [0, 0.05) is 19.3 Å². The summed E-state index contributed by atoms with van der Waals surface area (Å²) in [6.45, 7) is 2.61. The third kappa shape index (κ3) is 2.84. The number of hydrogen-bond donors (Lipinski definition) is 2. The Hall–Kier alpha value is -1.95. The van der Waals surface area contributed by atoms with Crippen molar-refractivity contribution in [2.24, 2.45) is 5.73 Å². The van der Waals surface area contributed by atoms with Crippen molar-refractivity contribution in [1.82, 2.24) is 9.97 Å². The highest BCUT2D eigenvalue weighted by molar-refractivity contribution is 7.07. The fourth-order valence-corrected chi connectivity index (χ4v) is 2.25. The van der Waals surface area contributed by atoms with E-state index in [4.69, 9.17) is 11.1 Å². The van der Waals surface area contributed by atoms with Gasteiger partial charge in [0.15, 0.2) is 0 Å². The minimum absolute atomic E-state index is 0.0364. The molecule has 0 saturated heterocycles. The van der Waals surface area contributed by atoms with Gasteiger partial charge in [0.1, 0.15) is 11.5 Å². The Morgan fingerprint density at radius 2 is 2.28 bits per heavy atom. The fraction of sp³-hybridized carbons (Fsp3) is 0.250. The molecule has 0 aliphatic heterocycles. The molecule has 0 fully saturated rings. The van der Waals surface area contributed by atoms with Gasteiger partial charge in [0.25, 0.3) is 0 Å². The number of hydrogen-bond acceptors (Lipinski definition) is 5. The SMILES string of the molecule is Cc1cc(C(=N)N)nc(N(C)Cc2ccsc2)n1. The predicted octanol–water partition coefficient (Wildman–Crippen LogP) is 1.77. The second-order valence-electron chi connectivity index (χ2n) is 4.10. The number of nitrogens with zero attached hydrogens (tertiary/aromatic N) is 3. The first-order chi connectivity index (χ1) is 8.56. The number of aryl methyl sites for hydroxylation is 1. The highest BCUT2D eigenvalue weighted by Gasteiger charge is 2.09. The number of amidine groups is 1. The van der Waals surface area contributed by atoms with Crippen LogP contribution in [0, 0.1) is 12.3 Å². The van der Waals surface area contributed by atoms with E-state index in [2.05, 4.69) is 21.4 Å². The van der Waals surface area contributed by atoms with Crippen LogP contribution in [0.15, 0.2) is 22.9 Å². The second kappa shape index (κ2) is 5.14. The molecule has 94 valence electrons. The molecule has 0 radical (unpaired) electrons. The van der Waals surface area contributed by atoms with Gasteiger partial charge in [0.2, 0.25) is 5.95 Å². The summed E-state index contributed by atoms with van der Waals surface area (Å²) < 4.78 is 0. The Kier molecular flexibility index (Phi) is 3.57. The molecular formula is C12H15N5S. The lowest BCUT2D eigenvalue weighted by Gasteiger charge is -2.17. The number of nitrogens with one attached hydrogen (secondary N) is 1. The van der Waals surface area contributed by atoms with E-state index in [1.165, 1.54) is 5.56 Å². The lowest BCUT2D eigenvalue weighted by Crippen LogP contribution is -2.22. The number of rotatable bonds is 4. The summed E-state index contributed by atoms with van der Waals surface area (Å²) in [7, 11) is 1.93. The summed E-state index contributed by atoms with van der Waals surface area (Å²) >= 11 is 1.67. The zero-order valence-corrected chi connectivity index (χ0v) is 11.2. The maximum Gasteiger partial charge on any atom is 0.226 e. The molecule has 0 aliphatic rings. The van der Waals surface area contributed by atoms with Gasteiger partial charge in [-0.05, 0) is 35.4 Å². The zero-order chi connectivity index (χ0) is 13.1. The van der Waals surface area contributed by atoms with Crippen molar-refractivity contribution >= 4 is 23.1 Å². The molecule has 0 spiro atoms. The molecule has 5 nitrogen and oxygen atoms in total. The quantitative estimate of drug-likeness (QED) is 0.649. The summed E-state index contributed by atoms with van der Waals surface area (Å²) in [5.74, 6) is 0.553. The number of aromatic nitrogens is 2. The van der Waals surface area contributed by atoms with Crippen LogP contribution in [0.2, 0.25) is 0 Å². The molecule has 0 aromatic carbocycles. The summed E-state index contributed by atoms with van der Waals surface area (Å²) in [5.41, 5.74) is 7.96. The maximum atomic E-state index is 7.44. The molecule has 6 heteroatoms. The van der Waals surface area contributed by atoms with Crippen LogP contribution in [-0.4, -0.2) is 22.9 Å². The average Bonchev–Trinajstić information content (AvgIpc) is 2.80. The highest BCUT2D eigenvalue weighted by Crippen LogP contribution is 2.14. The van der Waals surface area contributed by atoms with Crippen LogP contribution in [0.1, 0.15) is 17.0 Å². The topological polar surface area (TPSA) is 78.9 Å². The molecule has 18 heavy (non-hydrogen) atoms. The molecule has 3 N–H and O–H groups in total. The van der Waals surface area contributed by atoms with Crippen molar-refractivity contribution in [3.63, 3.8) is 0 Å². The van der Waals surface area contributed by atoms with E-state index in [0.29, 0.717) is 11.6 Å². The number of anilines is 1. The zero-order valence-electron chi connectivity index (χ0n) is 10.3. The molecule has 0 aliphatic carbocycles. The molecular weight excluding hydrogens is 246 g/mol. The Labute approximate surface area is 110 Å². The lowest BCUT2D eigenvalue weighted by molar-refractivity contribution is 0.859. The van der Waals surface area contributed by atoms with Gasteiger partial charge in [-0.15, -0.1) is 0 Å². The fourth-order valence-electron chi connectivity index (χ4n) is 1.59. The van der Waals surface area contributed by atoms with Crippen molar-refractivity contribution in [2.75, 3.05) is 11.9 Å². The lowest BCUT2D eigenvalue weighted by atomic mass is 10.3. The molecule has 0 saturated carbocycles. The van der Waals surface area contributed by atoms with Gasteiger partial charge in [-0.3, -0.25) is 5.41 Å². The van der Waals surface area contributed by atoms with E-state index in [0.717, 1.165) is 12.2 Å². The molecule has 0 atom stereocenters. The van der Waals surface area contributed by atoms with Crippen LogP contribution in [0.25, 0.3) is 0 Å². The monoisotopic (exact) mass is 261 g/mol. The van der Waals surface area contributed by atoms with Crippen molar-refractivity contribution in [1.29, 1.82) is 5.41 Å². The number of thiophene rings is 1. The first-order valence-corrected chi connectivity index (χ1v) is 6.43. The largest absolute Gasteiger partial charge is 0.382 e. The number of nitrogen functional groups attached to an aromatic ring is 1. The number of nitrogens with two attached hydrogens (primary N) is 1. The van der Waals surface area contributed by atoms with E-state index in [-0.39, 0.29) is 5.84 Å². The van der Waals surface area contributed by atoms with Crippen LogP contribution in [0.5, 0.6) is 0 Å². The van der Waals surface area contributed by atoms with Crippen LogP contribution in [0.4, 0.5) is 5.95 Å². The van der Waals surface area contributed by atoms with Crippen molar-refractivity contribution in [3.8, 4) is 0 Å². The molecule has 2 aromatic rings. The smallest absolute Gasteiger partial charge is 0.226 e. The first-order valence-electron chi connectivity index (χ1n) is 5.48. The van der Waals surface area contributed by atoms with Crippen LogP contribution < -0.4 is 10.6 Å². The normalized spacial score (nSPS) is 10.3. The third-order valence-corrected chi connectivity index (χ3v) is 3.19. The Balaban J connectivity index is 2.24. The average molecular weight is 261 g/mol. The van der Waals surface area contributed by atoms with E-state index in [1.54, 1.807) is 17.4 Å². The van der Waals surface area contributed by atoms with Gasteiger partial charge in [-0.25, -0.2) is 9.97 Å². The van der Waals surface area contributed by atoms with Crippen molar-refractivity contribution in [2.45, 2.75) is 13.5 Å². The van der Waals surface area contributed by atoms with Crippen LogP contribution >= 0.6 is 11.3 Å². The van der Waals surface area contributed by atoms with E-state index >= 15 is 0 Å². The summed E-state index contributed by atoms with van der Waals surface area (Å²) in [6, 6.07) is 3.78. The van der Waals surface area contributed by atoms with E-state index in [1.807, 2.05) is 24.3 Å². The van der Waals surface area contributed by atoms with Crippen molar-refractivity contribution < 1.29 is 0 Å². The van der Waals surface area contributed by atoms with Gasteiger partial charge < -0.3 is 10.6 Å². The minimum atomic E-state index is -0.0364. The van der Waals surface area contributed by atoms with E-state index in [9.17, 15) is 0 Å². The molecule has 0 bridgehead atoms. The Bertz CT molecular complexity index is 550. The standard InChI is InChI=1S/C12H15N5S/c1-8-5-10(11(13)14)16-12(15-8)17(2)6-9-3-4-18-7-9/h3-5,7H,6H2,1-2H3,(H3,13,14). The predicted molar refractivity (Wildman–Crippen MR) is 74.2 cm³/mol. The maximum absolute atomic E-state index is 7.44. The summed E-state index contributed by atoms with van der Waals surface area (Å²) in [4.78, 5) is 10.6.